The maximum atomic E-state index is 13.7. The number of likely N-dealkylation sites (tertiary alicyclic amines) is 1. The number of ketones is 1. The molecule has 2 aromatic rings. The first kappa shape index (κ1) is 21.0. The third-order valence-corrected chi connectivity index (χ3v) is 8.01. The normalized spacial score (nSPS) is 31.1. The molecule has 5 aliphatic rings. The summed E-state index contributed by atoms with van der Waals surface area (Å²) in [5.74, 6) is -0.713. The summed E-state index contributed by atoms with van der Waals surface area (Å²) >= 11 is 0. The Morgan fingerprint density at radius 1 is 0.941 bits per heavy atom. The Morgan fingerprint density at radius 2 is 1.59 bits per heavy atom. The average Bonchev–Trinajstić information content (AvgIpc) is 3.62. The molecule has 2 bridgehead atoms. The fourth-order valence-electron chi connectivity index (χ4n) is 6.37. The third kappa shape index (κ3) is 3.23. The second-order valence-electron chi connectivity index (χ2n) is 9.91. The van der Waals surface area contributed by atoms with Crippen molar-refractivity contribution in [3.63, 3.8) is 0 Å². The highest BCUT2D eigenvalue weighted by Crippen LogP contribution is 2.65. The average molecular weight is 456 g/mol. The van der Waals surface area contributed by atoms with E-state index in [0.29, 0.717) is 17.4 Å². The van der Waals surface area contributed by atoms with Gasteiger partial charge in [0.25, 0.3) is 0 Å². The van der Waals surface area contributed by atoms with E-state index in [1.807, 2.05) is 30.3 Å². The fourth-order valence-corrected chi connectivity index (χ4v) is 6.37. The van der Waals surface area contributed by atoms with E-state index in [2.05, 4.69) is 12.2 Å². The number of benzene rings is 2. The van der Waals surface area contributed by atoms with Gasteiger partial charge in [0, 0.05) is 12.0 Å². The van der Waals surface area contributed by atoms with Crippen LogP contribution in [-0.2, 0) is 20.8 Å². The molecule has 34 heavy (non-hydrogen) atoms. The number of amides is 2. The summed E-state index contributed by atoms with van der Waals surface area (Å²) in [6.07, 6.45) is 5.50. The van der Waals surface area contributed by atoms with Crippen molar-refractivity contribution < 1.29 is 23.9 Å². The molecule has 2 saturated carbocycles. The van der Waals surface area contributed by atoms with Gasteiger partial charge in [-0.2, -0.15) is 0 Å². The highest BCUT2D eigenvalue weighted by atomic mass is 16.5. The van der Waals surface area contributed by atoms with Gasteiger partial charge < -0.3 is 4.74 Å². The van der Waals surface area contributed by atoms with Gasteiger partial charge in [0.05, 0.1) is 11.8 Å². The monoisotopic (exact) mass is 455 g/mol. The lowest BCUT2D eigenvalue weighted by atomic mass is 9.63. The fraction of sp³-hybridized carbons (Fsp3) is 0.357. The third-order valence-electron chi connectivity index (χ3n) is 8.01. The molecule has 6 nitrogen and oxygen atoms in total. The Morgan fingerprint density at radius 3 is 2.21 bits per heavy atom. The van der Waals surface area contributed by atoms with Gasteiger partial charge in [-0.3, -0.25) is 19.3 Å². The first-order valence-electron chi connectivity index (χ1n) is 11.9. The van der Waals surface area contributed by atoms with E-state index in [4.69, 9.17) is 4.74 Å². The molecule has 1 aliphatic heterocycles. The van der Waals surface area contributed by atoms with Crippen molar-refractivity contribution in [3.05, 3.63) is 77.9 Å². The zero-order valence-electron chi connectivity index (χ0n) is 18.8. The zero-order chi connectivity index (χ0) is 23.6. The summed E-state index contributed by atoms with van der Waals surface area (Å²) in [5.41, 5.74) is 1.26. The van der Waals surface area contributed by atoms with Crippen LogP contribution in [0.25, 0.3) is 0 Å². The Balaban J connectivity index is 1.32. The van der Waals surface area contributed by atoms with Crippen molar-refractivity contribution in [1.82, 2.24) is 4.90 Å². The molecule has 0 spiro atoms. The molecule has 1 saturated heterocycles. The van der Waals surface area contributed by atoms with Crippen molar-refractivity contribution in [1.29, 1.82) is 0 Å². The summed E-state index contributed by atoms with van der Waals surface area (Å²) in [4.78, 5) is 53.7. The summed E-state index contributed by atoms with van der Waals surface area (Å²) in [7, 11) is 0. The number of carbonyl (C=O) groups is 4. The number of rotatable bonds is 6. The molecule has 1 heterocycles. The predicted molar refractivity (Wildman–Crippen MR) is 123 cm³/mol. The van der Waals surface area contributed by atoms with Crippen LogP contribution in [0.4, 0.5) is 0 Å². The molecule has 2 aromatic carbocycles. The summed E-state index contributed by atoms with van der Waals surface area (Å²) in [6.45, 7) is 1.44. The number of hydrogen-bond donors (Lipinski definition) is 0. The van der Waals surface area contributed by atoms with Crippen LogP contribution in [-0.4, -0.2) is 34.5 Å². The largest absolute Gasteiger partial charge is 0.425 e. The van der Waals surface area contributed by atoms with Crippen molar-refractivity contribution in [2.75, 3.05) is 0 Å². The van der Waals surface area contributed by atoms with Crippen molar-refractivity contribution >= 4 is 23.6 Å². The number of allylic oxidation sites excluding steroid dienone is 2. The topological polar surface area (TPSA) is 80.8 Å². The Labute approximate surface area is 197 Å². The molecular formula is C28H25NO5. The molecule has 0 N–H and O–H groups in total. The number of ether oxygens (including phenoxy) is 1. The van der Waals surface area contributed by atoms with Gasteiger partial charge in [-0.1, -0.05) is 54.6 Å². The zero-order valence-corrected chi connectivity index (χ0v) is 18.8. The highest BCUT2D eigenvalue weighted by molar-refractivity contribution is 6.09. The maximum absolute atomic E-state index is 13.7. The smallest absolute Gasteiger partial charge is 0.335 e. The van der Waals surface area contributed by atoms with E-state index in [1.165, 1.54) is 17.9 Å². The van der Waals surface area contributed by atoms with Crippen LogP contribution in [0, 0.1) is 35.5 Å². The van der Waals surface area contributed by atoms with E-state index in [0.717, 1.165) is 12.0 Å². The van der Waals surface area contributed by atoms with Crippen LogP contribution in [0.5, 0.6) is 5.75 Å². The molecule has 0 unspecified atom stereocenters. The van der Waals surface area contributed by atoms with Crippen LogP contribution >= 0.6 is 0 Å². The highest BCUT2D eigenvalue weighted by Gasteiger charge is 2.68. The van der Waals surface area contributed by atoms with Gasteiger partial charge >= 0.3 is 5.97 Å². The summed E-state index contributed by atoms with van der Waals surface area (Å²) in [5, 5.41) is 0. The first-order chi connectivity index (χ1) is 16.4. The van der Waals surface area contributed by atoms with Crippen LogP contribution in [0.2, 0.25) is 0 Å². The minimum Gasteiger partial charge on any atom is -0.425 e. The van der Waals surface area contributed by atoms with Crippen molar-refractivity contribution in [2.45, 2.75) is 25.8 Å². The summed E-state index contributed by atoms with van der Waals surface area (Å²) in [6, 6.07) is 14.7. The van der Waals surface area contributed by atoms with Crippen LogP contribution in [0.1, 0.15) is 29.3 Å². The molecular weight excluding hydrogens is 430 g/mol. The molecule has 4 aliphatic carbocycles. The second-order valence-corrected chi connectivity index (χ2v) is 9.91. The Hall–Kier alpha value is -3.54. The number of nitrogens with zero attached hydrogens (tertiary/aromatic N) is 1. The van der Waals surface area contributed by atoms with Gasteiger partial charge in [0.15, 0.2) is 5.78 Å². The van der Waals surface area contributed by atoms with Crippen LogP contribution < -0.4 is 4.74 Å². The standard InChI is InChI=1S/C28H25NO5/c1-15(30)17-8-5-9-18(13-17)34-28(33)23(12-16-6-3-2-4-7-16)29-26(31)24-19-10-11-20(22-14-21(19)22)25(24)27(29)32/h2-11,13,19-25H,12,14H2,1H3/t19-,20-,21-,22-,23-,24+,25+/m0/s1. The van der Waals surface area contributed by atoms with Gasteiger partial charge in [0.1, 0.15) is 11.8 Å². The lowest BCUT2D eigenvalue weighted by Gasteiger charge is -2.37. The summed E-state index contributed by atoms with van der Waals surface area (Å²) < 4.78 is 5.65. The number of imide groups is 1. The lowest BCUT2D eigenvalue weighted by Crippen LogP contribution is -2.48. The lowest BCUT2D eigenvalue weighted by molar-refractivity contribution is -0.153. The molecule has 172 valence electrons. The van der Waals surface area contributed by atoms with Gasteiger partial charge in [-0.15, -0.1) is 0 Å². The molecule has 0 radical (unpaired) electrons. The molecule has 6 heteroatoms. The molecule has 2 amide bonds. The molecule has 3 fully saturated rings. The van der Waals surface area contributed by atoms with E-state index in [1.54, 1.807) is 18.2 Å². The van der Waals surface area contributed by atoms with Crippen LogP contribution in [0.15, 0.2) is 66.7 Å². The van der Waals surface area contributed by atoms with Crippen molar-refractivity contribution in [3.8, 4) is 5.75 Å². The number of esters is 1. The predicted octanol–water partition coefficient (Wildman–Crippen LogP) is 3.46. The second kappa shape index (κ2) is 7.76. The first-order valence-corrected chi connectivity index (χ1v) is 11.9. The van der Waals surface area contributed by atoms with Gasteiger partial charge in [-0.05, 0) is 54.7 Å². The number of carbonyl (C=O) groups excluding carboxylic acids is 4. The quantitative estimate of drug-likeness (QED) is 0.219. The van der Waals surface area contributed by atoms with Crippen LogP contribution in [0.3, 0.4) is 0 Å². The number of Topliss-reactive ketones (excluding diaryl/α,β-unsaturated/α-hetero) is 1. The molecule has 7 atom stereocenters. The van der Waals surface area contributed by atoms with E-state index >= 15 is 0 Å². The minimum atomic E-state index is -1.07. The number of hydrogen-bond acceptors (Lipinski definition) is 5. The minimum absolute atomic E-state index is 0.0853. The SMILES string of the molecule is CC(=O)c1cccc(OC(=O)[C@H](Cc2ccccc2)N2C(=O)[C@@H]3[C@H]4C=C[C@@H]([C@@H]5C[C@@H]45)[C@H]3C2=O)c1. The van der Waals surface area contributed by atoms with Gasteiger partial charge in [0.2, 0.25) is 11.8 Å². The van der Waals surface area contributed by atoms with E-state index in [9.17, 15) is 19.2 Å². The maximum Gasteiger partial charge on any atom is 0.335 e. The van der Waals surface area contributed by atoms with E-state index < -0.39 is 12.0 Å². The van der Waals surface area contributed by atoms with Crippen molar-refractivity contribution in [2.24, 2.45) is 35.5 Å². The van der Waals surface area contributed by atoms with E-state index in [-0.39, 0.29) is 53.4 Å². The molecule has 0 aromatic heterocycles. The Kier molecular flexibility index (Phi) is 4.80. The van der Waals surface area contributed by atoms with Gasteiger partial charge in [-0.25, -0.2) is 4.79 Å². The Bertz CT molecular complexity index is 1200. The molecule has 7 rings (SSSR count).